The van der Waals surface area contributed by atoms with Crippen molar-refractivity contribution in [1.29, 1.82) is 0 Å². The fraction of sp³-hybridized carbons (Fsp3) is 0.222. The first-order chi connectivity index (χ1) is 11.8. The highest BCUT2D eigenvalue weighted by Crippen LogP contribution is 2.39. The first-order valence-corrected chi connectivity index (χ1v) is 7.54. The van der Waals surface area contributed by atoms with Gasteiger partial charge in [0, 0.05) is 25.0 Å². The van der Waals surface area contributed by atoms with E-state index < -0.39 is 23.6 Å². The van der Waals surface area contributed by atoms with Crippen molar-refractivity contribution in [3.8, 4) is 0 Å². The second kappa shape index (κ2) is 6.23. The summed E-state index contributed by atoms with van der Waals surface area (Å²) in [6, 6.07) is 7.17. The maximum atomic E-state index is 13.2. The van der Waals surface area contributed by atoms with Gasteiger partial charge >= 0.3 is 6.18 Å². The molecule has 0 saturated heterocycles. The van der Waals surface area contributed by atoms with Crippen LogP contribution in [0.15, 0.2) is 48.6 Å². The van der Waals surface area contributed by atoms with Gasteiger partial charge in [-0.25, -0.2) is 0 Å². The molecule has 2 heterocycles. The summed E-state index contributed by atoms with van der Waals surface area (Å²) in [5, 5.41) is 2.75. The fourth-order valence-electron chi connectivity index (χ4n) is 2.76. The van der Waals surface area contributed by atoms with Gasteiger partial charge < -0.3 is 10.1 Å². The maximum absolute atomic E-state index is 13.2. The van der Waals surface area contributed by atoms with Crippen molar-refractivity contribution in [2.45, 2.75) is 19.2 Å². The fourth-order valence-corrected chi connectivity index (χ4v) is 2.76. The molecule has 130 valence electrons. The molecule has 0 aliphatic carbocycles. The highest BCUT2D eigenvalue weighted by molar-refractivity contribution is 6.25. The van der Waals surface area contributed by atoms with Crippen LogP contribution in [0.4, 0.5) is 13.2 Å². The van der Waals surface area contributed by atoms with E-state index in [0.29, 0.717) is 5.56 Å². The molecule has 0 fully saturated rings. The standard InChI is InChI=1S/C18H15F3N2O2/c1-10-5-6-11(8-13(10)18(19,20)21)14-15(24)16(25-17(14)22-2)12-4-3-7-23-9-12/h3-9,16,22H,1-2H3. The summed E-state index contributed by atoms with van der Waals surface area (Å²) in [4.78, 5) is 16.7. The van der Waals surface area contributed by atoms with Crippen molar-refractivity contribution < 1.29 is 22.7 Å². The van der Waals surface area contributed by atoms with E-state index in [-0.39, 0.29) is 22.6 Å². The molecule has 25 heavy (non-hydrogen) atoms. The van der Waals surface area contributed by atoms with Crippen LogP contribution >= 0.6 is 0 Å². The topological polar surface area (TPSA) is 51.2 Å². The summed E-state index contributed by atoms with van der Waals surface area (Å²) in [6.07, 6.45) is -2.37. The molecule has 1 N–H and O–H groups in total. The average Bonchev–Trinajstić information content (AvgIpc) is 2.92. The number of alkyl halides is 3. The lowest BCUT2D eigenvalue weighted by atomic mass is 9.94. The molecular weight excluding hydrogens is 333 g/mol. The zero-order chi connectivity index (χ0) is 18.2. The van der Waals surface area contributed by atoms with Gasteiger partial charge in [0.1, 0.15) is 0 Å². The lowest BCUT2D eigenvalue weighted by Crippen LogP contribution is -2.11. The second-order valence-electron chi connectivity index (χ2n) is 5.63. The molecule has 7 heteroatoms. The number of aromatic nitrogens is 1. The minimum absolute atomic E-state index is 0.0954. The van der Waals surface area contributed by atoms with Gasteiger partial charge in [-0.15, -0.1) is 0 Å². The van der Waals surface area contributed by atoms with Gasteiger partial charge in [-0.2, -0.15) is 13.2 Å². The number of ketones is 1. The third-order valence-electron chi connectivity index (χ3n) is 3.99. The summed E-state index contributed by atoms with van der Waals surface area (Å²) in [7, 11) is 1.55. The average molecular weight is 348 g/mol. The molecule has 1 atom stereocenters. The SMILES string of the molecule is CNC1=C(c2ccc(C)c(C(F)(F)F)c2)C(=O)C(c2cccnc2)O1. The number of rotatable bonds is 3. The van der Waals surface area contributed by atoms with Gasteiger partial charge in [0.15, 0.2) is 12.0 Å². The van der Waals surface area contributed by atoms with E-state index in [1.165, 1.54) is 25.3 Å². The predicted molar refractivity (Wildman–Crippen MR) is 85.2 cm³/mol. The van der Waals surface area contributed by atoms with Gasteiger partial charge in [0.25, 0.3) is 0 Å². The van der Waals surface area contributed by atoms with Crippen LogP contribution < -0.4 is 5.32 Å². The van der Waals surface area contributed by atoms with Crippen LogP contribution in [0.2, 0.25) is 0 Å². The largest absolute Gasteiger partial charge is 0.462 e. The van der Waals surface area contributed by atoms with E-state index in [1.54, 1.807) is 25.4 Å². The van der Waals surface area contributed by atoms with Crippen molar-refractivity contribution in [3.63, 3.8) is 0 Å². The van der Waals surface area contributed by atoms with Gasteiger partial charge in [-0.3, -0.25) is 9.78 Å². The summed E-state index contributed by atoms with van der Waals surface area (Å²) in [5.41, 5.74) is 0.127. The van der Waals surface area contributed by atoms with Crippen molar-refractivity contribution in [2.75, 3.05) is 7.05 Å². The third-order valence-corrected chi connectivity index (χ3v) is 3.99. The smallest absolute Gasteiger partial charge is 0.416 e. The van der Waals surface area contributed by atoms with Gasteiger partial charge in [0.05, 0.1) is 11.1 Å². The highest BCUT2D eigenvalue weighted by atomic mass is 19.4. The highest BCUT2D eigenvalue weighted by Gasteiger charge is 2.39. The molecule has 2 aromatic rings. The summed E-state index contributed by atoms with van der Waals surface area (Å²) < 4.78 is 45.2. The summed E-state index contributed by atoms with van der Waals surface area (Å²) in [5.74, 6) is -0.259. The van der Waals surface area contributed by atoms with Gasteiger partial charge in [-0.05, 0) is 30.2 Å². The van der Waals surface area contributed by atoms with Gasteiger partial charge in [-0.1, -0.05) is 18.2 Å². The molecule has 1 aliphatic heterocycles. The van der Waals surface area contributed by atoms with Crippen molar-refractivity contribution in [2.24, 2.45) is 0 Å². The third kappa shape index (κ3) is 3.09. The molecule has 0 amide bonds. The molecule has 1 aliphatic rings. The molecule has 1 unspecified atom stereocenters. The Morgan fingerprint density at radius 3 is 2.60 bits per heavy atom. The van der Waals surface area contributed by atoms with E-state index in [2.05, 4.69) is 10.3 Å². The Morgan fingerprint density at radius 1 is 1.24 bits per heavy atom. The van der Waals surface area contributed by atoms with E-state index >= 15 is 0 Å². The van der Waals surface area contributed by atoms with Crippen LogP contribution in [0.3, 0.4) is 0 Å². The maximum Gasteiger partial charge on any atom is 0.416 e. The number of hydrogen-bond donors (Lipinski definition) is 1. The van der Waals surface area contributed by atoms with Crippen molar-refractivity contribution in [1.82, 2.24) is 10.3 Å². The Labute approximate surface area is 142 Å². The lowest BCUT2D eigenvalue weighted by Gasteiger charge is -2.12. The molecule has 1 aromatic heterocycles. The monoisotopic (exact) mass is 348 g/mol. The van der Waals surface area contributed by atoms with Crippen LogP contribution in [0.1, 0.15) is 28.4 Å². The number of carbonyl (C=O) groups is 1. The van der Waals surface area contributed by atoms with E-state index in [1.807, 2.05) is 0 Å². The minimum atomic E-state index is -4.49. The summed E-state index contributed by atoms with van der Waals surface area (Å²) >= 11 is 0. The zero-order valence-electron chi connectivity index (χ0n) is 13.5. The number of nitrogens with one attached hydrogen (secondary N) is 1. The van der Waals surface area contributed by atoms with Crippen LogP contribution in [-0.2, 0) is 15.7 Å². The molecule has 0 saturated carbocycles. The van der Waals surface area contributed by atoms with Gasteiger partial charge in [0.2, 0.25) is 5.78 Å². The first kappa shape index (κ1) is 17.0. The molecule has 0 radical (unpaired) electrons. The van der Waals surface area contributed by atoms with Crippen LogP contribution in [0, 0.1) is 6.92 Å². The Balaban J connectivity index is 2.05. The molecule has 3 rings (SSSR count). The molecular formula is C18H15F3N2O2. The van der Waals surface area contributed by atoms with Crippen molar-refractivity contribution >= 4 is 11.4 Å². The quantitative estimate of drug-likeness (QED) is 0.920. The number of pyridine rings is 1. The second-order valence-corrected chi connectivity index (χ2v) is 5.63. The number of aryl methyl sites for hydroxylation is 1. The first-order valence-electron chi connectivity index (χ1n) is 7.54. The lowest BCUT2D eigenvalue weighted by molar-refractivity contribution is -0.138. The Kier molecular flexibility index (Phi) is 4.24. The normalized spacial score (nSPS) is 17.6. The number of halogens is 3. The Morgan fingerprint density at radius 2 is 2.00 bits per heavy atom. The van der Waals surface area contributed by atoms with E-state index in [0.717, 1.165) is 6.07 Å². The van der Waals surface area contributed by atoms with Crippen molar-refractivity contribution in [3.05, 3.63) is 70.9 Å². The number of ether oxygens (including phenoxy) is 1. The molecule has 4 nitrogen and oxygen atoms in total. The van der Waals surface area contributed by atoms with Crippen LogP contribution in [0.25, 0.3) is 5.57 Å². The number of benzene rings is 1. The van der Waals surface area contributed by atoms with E-state index in [9.17, 15) is 18.0 Å². The number of carbonyl (C=O) groups excluding carboxylic acids is 1. The Bertz CT molecular complexity index is 845. The zero-order valence-corrected chi connectivity index (χ0v) is 13.5. The molecule has 0 bridgehead atoms. The number of nitrogens with zero attached hydrogens (tertiary/aromatic N) is 1. The predicted octanol–water partition coefficient (Wildman–Crippen LogP) is 3.64. The van der Waals surface area contributed by atoms with E-state index in [4.69, 9.17) is 4.74 Å². The minimum Gasteiger partial charge on any atom is -0.462 e. The molecule has 1 aromatic carbocycles. The van der Waals surface area contributed by atoms with Crippen LogP contribution in [0.5, 0.6) is 0 Å². The Hall–Kier alpha value is -2.83. The number of hydrogen-bond acceptors (Lipinski definition) is 4. The number of Topliss-reactive ketones (excluding diaryl/α,β-unsaturated/α-hetero) is 1. The van der Waals surface area contributed by atoms with Crippen LogP contribution in [-0.4, -0.2) is 17.8 Å². The molecule has 0 spiro atoms. The summed E-state index contributed by atoms with van der Waals surface area (Å²) in [6.45, 7) is 1.38.